The van der Waals surface area contributed by atoms with Crippen LogP contribution in [0.4, 0.5) is 0 Å². The van der Waals surface area contributed by atoms with Gasteiger partial charge in [-0.15, -0.1) is 0 Å². The molecule has 1 aliphatic rings. The standard InChI is InChI=1S/C25H33N3O/c1-2-3-4-5-6-7-16-29-24-14-12-21(13-15-24)23-18-27-25(28-19-23)22-10-8-20(17-26)9-11-22/h8-11,18-19,21,24H,2-7,12-16H2,1H3/t21-,24-. The highest BCUT2D eigenvalue weighted by molar-refractivity contribution is 5.56. The first kappa shape index (κ1) is 21.5. The Bertz CT molecular complexity index is 756. The number of nitrogens with zero attached hydrogens (tertiary/aromatic N) is 3. The molecule has 1 saturated carbocycles. The molecule has 1 heterocycles. The minimum absolute atomic E-state index is 0.431. The van der Waals surface area contributed by atoms with Crippen molar-refractivity contribution in [3.05, 3.63) is 47.8 Å². The second-order valence-corrected chi connectivity index (χ2v) is 8.14. The van der Waals surface area contributed by atoms with Crippen molar-refractivity contribution >= 4 is 0 Å². The van der Waals surface area contributed by atoms with E-state index in [-0.39, 0.29) is 0 Å². The van der Waals surface area contributed by atoms with Gasteiger partial charge in [-0.05, 0) is 67.9 Å². The first-order chi connectivity index (χ1) is 14.3. The highest BCUT2D eigenvalue weighted by atomic mass is 16.5. The molecule has 1 aliphatic carbocycles. The van der Waals surface area contributed by atoms with E-state index in [9.17, 15) is 0 Å². The van der Waals surface area contributed by atoms with Crippen molar-refractivity contribution < 1.29 is 4.74 Å². The Kier molecular flexibility index (Phi) is 8.64. The second kappa shape index (κ2) is 11.7. The summed E-state index contributed by atoms with van der Waals surface area (Å²) in [5.74, 6) is 1.26. The smallest absolute Gasteiger partial charge is 0.159 e. The Balaban J connectivity index is 1.40. The molecule has 0 aliphatic heterocycles. The van der Waals surface area contributed by atoms with Crippen molar-refractivity contribution in [1.82, 2.24) is 9.97 Å². The molecule has 0 amide bonds. The molecule has 1 fully saturated rings. The van der Waals surface area contributed by atoms with Gasteiger partial charge in [0, 0.05) is 24.6 Å². The summed E-state index contributed by atoms with van der Waals surface area (Å²) >= 11 is 0. The van der Waals surface area contributed by atoms with Crippen LogP contribution in [0.3, 0.4) is 0 Å². The van der Waals surface area contributed by atoms with Gasteiger partial charge in [0.15, 0.2) is 5.82 Å². The third kappa shape index (κ3) is 6.65. The van der Waals surface area contributed by atoms with E-state index >= 15 is 0 Å². The molecule has 0 bridgehead atoms. The Labute approximate surface area is 175 Å². The van der Waals surface area contributed by atoms with Crippen LogP contribution in [0.5, 0.6) is 0 Å². The van der Waals surface area contributed by atoms with E-state index in [0.29, 0.717) is 23.4 Å². The number of hydrogen-bond acceptors (Lipinski definition) is 4. The van der Waals surface area contributed by atoms with Crippen molar-refractivity contribution in [2.75, 3.05) is 6.61 Å². The fourth-order valence-corrected chi connectivity index (χ4v) is 4.09. The highest BCUT2D eigenvalue weighted by Crippen LogP contribution is 2.34. The van der Waals surface area contributed by atoms with Crippen LogP contribution in [0.1, 0.15) is 88.2 Å². The molecule has 1 aromatic heterocycles. The van der Waals surface area contributed by atoms with Crippen molar-refractivity contribution in [1.29, 1.82) is 5.26 Å². The van der Waals surface area contributed by atoms with Crippen LogP contribution in [0.25, 0.3) is 11.4 Å². The molecule has 4 nitrogen and oxygen atoms in total. The zero-order chi connectivity index (χ0) is 20.3. The van der Waals surface area contributed by atoms with E-state index in [0.717, 1.165) is 37.9 Å². The third-order valence-electron chi connectivity index (χ3n) is 5.94. The largest absolute Gasteiger partial charge is 0.378 e. The van der Waals surface area contributed by atoms with Crippen molar-refractivity contribution in [3.63, 3.8) is 0 Å². The van der Waals surface area contributed by atoms with Gasteiger partial charge in [0.05, 0.1) is 17.7 Å². The van der Waals surface area contributed by atoms with Crippen molar-refractivity contribution in [3.8, 4) is 17.5 Å². The van der Waals surface area contributed by atoms with Gasteiger partial charge in [-0.2, -0.15) is 5.26 Å². The third-order valence-corrected chi connectivity index (χ3v) is 5.94. The summed E-state index contributed by atoms with van der Waals surface area (Å²) < 4.78 is 6.12. The highest BCUT2D eigenvalue weighted by Gasteiger charge is 2.23. The van der Waals surface area contributed by atoms with Crippen LogP contribution in [0, 0.1) is 11.3 Å². The summed E-state index contributed by atoms with van der Waals surface area (Å²) in [5, 5.41) is 8.91. The molecule has 1 aromatic carbocycles. The predicted molar refractivity (Wildman–Crippen MR) is 117 cm³/mol. The summed E-state index contributed by atoms with van der Waals surface area (Å²) in [6, 6.07) is 9.55. The monoisotopic (exact) mass is 391 g/mol. The molecule has 0 saturated heterocycles. The number of aromatic nitrogens is 2. The van der Waals surface area contributed by atoms with Crippen LogP contribution in [-0.4, -0.2) is 22.7 Å². The molecule has 0 N–H and O–H groups in total. The molecule has 4 heteroatoms. The van der Waals surface area contributed by atoms with E-state index in [4.69, 9.17) is 10.00 Å². The molecule has 0 radical (unpaired) electrons. The minimum atomic E-state index is 0.431. The first-order valence-electron chi connectivity index (χ1n) is 11.2. The SMILES string of the molecule is CCCCCCCCO[C@H]1CC[C@H](c2cnc(-c3ccc(C#N)cc3)nc2)CC1. The zero-order valence-corrected chi connectivity index (χ0v) is 17.6. The van der Waals surface area contributed by atoms with Gasteiger partial charge >= 0.3 is 0 Å². The number of ether oxygens (including phenoxy) is 1. The van der Waals surface area contributed by atoms with Crippen LogP contribution >= 0.6 is 0 Å². The maximum Gasteiger partial charge on any atom is 0.159 e. The number of rotatable bonds is 10. The molecule has 2 aromatic rings. The van der Waals surface area contributed by atoms with E-state index in [1.165, 1.54) is 44.1 Å². The molecule has 29 heavy (non-hydrogen) atoms. The van der Waals surface area contributed by atoms with Crippen LogP contribution in [0.15, 0.2) is 36.7 Å². The van der Waals surface area contributed by atoms with Crippen LogP contribution in [-0.2, 0) is 4.74 Å². The fraction of sp³-hybridized carbons (Fsp3) is 0.560. The molecule has 0 spiro atoms. The van der Waals surface area contributed by atoms with Crippen molar-refractivity contribution in [2.45, 2.75) is 83.2 Å². The minimum Gasteiger partial charge on any atom is -0.378 e. The van der Waals surface area contributed by atoms with Gasteiger partial charge in [0.25, 0.3) is 0 Å². The Morgan fingerprint density at radius 3 is 2.24 bits per heavy atom. The lowest BCUT2D eigenvalue weighted by Gasteiger charge is -2.28. The fourth-order valence-electron chi connectivity index (χ4n) is 4.09. The van der Waals surface area contributed by atoms with Gasteiger partial charge in [0.2, 0.25) is 0 Å². The van der Waals surface area contributed by atoms with Crippen molar-refractivity contribution in [2.24, 2.45) is 0 Å². The van der Waals surface area contributed by atoms with Gasteiger partial charge in [-0.3, -0.25) is 0 Å². The number of unbranched alkanes of at least 4 members (excludes halogenated alkanes) is 5. The second-order valence-electron chi connectivity index (χ2n) is 8.14. The van der Waals surface area contributed by atoms with E-state index in [2.05, 4.69) is 23.0 Å². The predicted octanol–water partition coefficient (Wildman–Crippen LogP) is 6.42. The molecule has 3 rings (SSSR count). The lowest BCUT2D eigenvalue weighted by atomic mass is 9.84. The molecular formula is C25H33N3O. The lowest BCUT2D eigenvalue weighted by Crippen LogP contribution is -2.21. The van der Waals surface area contributed by atoms with E-state index < -0.39 is 0 Å². The van der Waals surface area contributed by atoms with Gasteiger partial charge in [-0.25, -0.2) is 9.97 Å². The quantitative estimate of drug-likeness (QED) is 0.439. The normalized spacial score (nSPS) is 19.0. The van der Waals surface area contributed by atoms with E-state index in [1.54, 1.807) is 12.1 Å². The first-order valence-corrected chi connectivity index (χ1v) is 11.2. The molecular weight excluding hydrogens is 358 g/mol. The summed E-state index contributed by atoms with van der Waals surface area (Å²) in [5.41, 5.74) is 2.83. The van der Waals surface area contributed by atoms with Gasteiger partial charge < -0.3 is 4.74 Å². The number of nitriles is 1. The summed E-state index contributed by atoms with van der Waals surface area (Å²) in [7, 11) is 0. The summed E-state index contributed by atoms with van der Waals surface area (Å²) in [6.07, 6.45) is 16.9. The topological polar surface area (TPSA) is 58.8 Å². The van der Waals surface area contributed by atoms with E-state index in [1.807, 2.05) is 24.5 Å². The lowest BCUT2D eigenvalue weighted by molar-refractivity contribution is 0.0225. The number of hydrogen-bond donors (Lipinski definition) is 0. The number of benzene rings is 1. The zero-order valence-electron chi connectivity index (χ0n) is 17.6. The van der Waals surface area contributed by atoms with Crippen LogP contribution < -0.4 is 0 Å². The molecule has 0 unspecified atom stereocenters. The molecule has 0 atom stereocenters. The van der Waals surface area contributed by atoms with Gasteiger partial charge in [-0.1, -0.05) is 39.0 Å². The average Bonchev–Trinajstić information content (AvgIpc) is 2.79. The molecule has 154 valence electrons. The summed E-state index contributed by atoms with van der Waals surface area (Å²) in [6.45, 7) is 3.18. The summed E-state index contributed by atoms with van der Waals surface area (Å²) in [4.78, 5) is 9.13. The average molecular weight is 392 g/mol. The van der Waals surface area contributed by atoms with Gasteiger partial charge in [0.1, 0.15) is 0 Å². The van der Waals surface area contributed by atoms with Crippen LogP contribution in [0.2, 0.25) is 0 Å². The Hall–Kier alpha value is -2.25. The maximum atomic E-state index is 8.91. The Morgan fingerprint density at radius 2 is 1.59 bits per heavy atom. The maximum absolute atomic E-state index is 8.91. The Morgan fingerprint density at radius 1 is 0.931 bits per heavy atom.